The Morgan fingerprint density at radius 2 is 1.91 bits per heavy atom. The van der Waals surface area contributed by atoms with E-state index in [0.717, 1.165) is 0 Å². The third-order valence-electron chi connectivity index (χ3n) is 4.77. The summed E-state index contributed by atoms with van der Waals surface area (Å²) in [5.74, 6) is -0.0531. The molecule has 1 amide bonds. The van der Waals surface area contributed by atoms with E-state index in [2.05, 4.69) is 5.32 Å². The molecule has 0 saturated carbocycles. The molecule has 32 heavy (non-hydrogen) atoms. The first kappa shape index (κ1) is 24.3. The van der Waals surface area contributed by atoms with Crippen LogP contribution in [0.2, 0.25) is 5.02 Å². The number of para-hydroxylation sites is 1. The second kappa shape index (κ2) is 11.0. The molecular formula is C21H25ClN2O7S. The van der Waals surface area contributed by atoms with E-state index < -0.39 is 15.9 Å². The molecule has 1 fully saturated rings. The Morgan fingerprint density at radius 3 is 2.59 bits per heavy atom. The van der Waals surface area contributed by atoms with Crippen LogP contribution in [0.1, 0.15) is 10.4 Å². The second-order valence-electron chi connectivity index (χ2n) is 6.79. The van der Waals surface area contributed by atoms with Crippen molar-refractivity contribution >= 4 is 33.2 Å². The molecule has 3 rings (SSSR count). The third kappa shape index (κ3) is 5.51. The van der Waals surface area contributed by atoms with Crippen molar-refractivity contribution in [2.75, 3.05) is 59.1 Å². The van der Waals surface area contributed by atoms with E-state index in [4.69, 9.17) is 30.5 Å². The maximum Gasteiger partial charge on any atom is 0.259 e. The Balaban J connectivity index is 1.90. The van der Waals surface area contributed by atoms with Crippen LogP contribution in [-0.2, 0) is 19.5 Å². The summed E-state index contributed by atoms with van der Waals surface area (Å²) in [5.41, 5.74) is 0.395. The van der Waals surface area contributed by atoms with E-state index in [1.165, 1.54) is 29.6 Å². The Labute approximate surface area is 192 Å². The lowest BCUT2D eigenvalue weighted by Crippen LogP contribution is -2.40. The van der Waals surface area contributed by atoms with Gasteiger partial charge in [0.1, 0.15) is 12.4 Å². The van der Waals surface area contributed by atoms with Crippen molar-refractivity contribution in [2.45, 2.75) is 4.90 Å². The fraction of sp³-hybridized carbons (Fsp3) is 0.381. The van der Waals surface area contributed by atoms with Crippen LogP contribution in [0.4, 0.5) is 5.69 Å². The zero-order valence-electron chi connectivity index (χ0n) is 17.8. The number of sulfonamides is 1. The van der Waals surface area contributed by atoms with E-state index in [0.29, 0.717) is 30.5 Å². The number of carbonyl (C=O) groups excluding carboxylic acids is 1. The summed E-state index contributed by atoms with van der Waals surface area (Å²) < 4.78 is 48.5. The fourth-order valence-electron chi connectivity index (χ4n) is 3.13. The van der Waals surface area contributed by atoms with Gasteiger partial charge in [0.15, 0.2) is 5.75 Å². The van der Waals surface area contributed by atoms with Gasteiger partial charge in [0, 0.05) is 20.2 Å². The van der Waals surface area contributed by atoms with Crippen molar-refractivity contribution < 1.29 is 32.2 Å². The molecule has 174 valence electrons. The van der Waals surface area contributed by atoms with Crippen molar-refractivity contribution in [3.63, 3.8) is 0 Å². The average molecular weight is 485 g/mol. The van der Waals surface area contributed by atoms with E-state index in [9.17, 15) is 13.2 Å². The molecule has 0 spiro atoms. The SMILES string of the molecule is COCCOc1c(Cl)cccc1NC(=O)c1cc(S(=O)(=O)N2CCOCC2)ccc1OC. The fourth-order valence-corrected chi connectivity index (χ4v) is 4.80. The lowest BCUT2D eigenvalue weighted by atomic mass is 10.1. The Hall–Kier alpha value is -2.37. The van der Waals surface area contributed by atoms with Gasteiger partial charge in [-0.05, 0) is 30.3 Å². The molecule has 11 heteroatoms. The number of benzene rings is 2. The molecule has 1 aliphatic heterocycles. The van der Waals surface area contributed by atoms with E-state index in [1.54, 1.807) is 25.3 Å². The first-order valence-electron chi connectivity index (χ1n) is 9.86. The predicted octanol–water partition coefficient (Wildman–Crippen LogP) is 2.65. The van der Waals surface area contributed by atoms with Gasteiger partial charge in [0.2, 0.25) is 10.0 Å². The number of rotatable bonds is 9. The zero-order chi connectivity index (χ0) is 23.1. The van der Waals surface area contributed by atoms with E-state index >= 15 is 0 Å². The van der Waals surface area contributed by atoms with Gasteiger partial charge < -0.3 is 24.3 Å². The largest absolute Gasteiger partial charge is 0.496 e. The molecule has 2 aromatic carbocycles. The molecule has 0 unspecified atom stereocenters. The quantitative estimate of drug-likeness (QED) is 0.546. The highest BCUT2D eigenvalue weighted by atomic mass is 35.5. The highest BCUT2D eigenvalue weighted by Crippen LogP contribution is 2.34. The van der Waals surface area contributed by atoms with Crippen LogP contribution >= 0.6 is 11.6 Å². The highest BCUT2D eigenvalue weighted by molar-refractivity contribution is 7.89. The smallest absolute Gasteiger partial charge is 0.259 e. The topological polar surface area (TPSA) is 103 Å². The minimum atomic E-state index is -3.79. The van der Waals surface area contributed by atoms with Crippen LogP contribution in [0, 0.1) is 0 Å². The standard InChI is InChI=1S/C21H25ClN2O7S/c1-28-12-13-31-20-17(22)4-3-5-18(20)23-21(25)16-14-15(6-7-19(16)29-2)32(26,27)24-8-10-30-11-9-24/h3-7,14H,8-13H2,1-2H3,(H,23,25). The van der Waals surface area contributed by atoms with Crippen LogP contribution < -0.4 is 14.8 Å². The van der Waals surface area contributed by atoms with Gasteiger partial charge >= 0.3 is 0 Å². The Kier molecular flexibility index (Phi) is 8.32. The van der Waals surface area contributed by atoms with E-state index in [-0.39, 0.29) is 41.7 Å². The second-order valence-corrected chi connectivity index (χ2v) is 9.14. The van der Waals surface area contributed by atoms with Crippen molar-refractivity contribution in [1.82, 2.24) is 4.31 Å². The van der Waals surface area contributed by atoms with Gasteiger partial charge in [0.05, 0.1) is 48.1 Å². The van der Waals surface area contributed by atoms with Crippen LogP contribution in [-0.4, -0.2) is 72.4 Å². The van der Waals surface area contributed by atoms with Gasteiger partial charge in [-0.3, -0.25) is 4.79 Å². The van der Waals surface area contributed by atoms with Gasteiger partial charge in [-0.2, -0.15) is 4.31 Å². The van der Waals surface area contributed by atoms with Crippen molar-refractivity contribution in [2.24, 2.45) is 0 Å². The van der Waals surface area contributed by atoms with Crippen molar-refractivity contribution in [1.29, 1.82) is 0 Å². The summed E-state index contributed by atoms with van der Waals surface area (Å²) >= 11 is 6.23. The number of hydrogen-bond acceptors (Lipinski definition) is 7. The first-order valence-corrected chi connectivity index (χ1v) is 11.7. The van der Waals surface area contributed by atoms with Crippen LogP contribution in [0.15, 0.2) is 41.3 Å². The number of anilines is 1. The number of hydrogen-bond donors (Lipinski definition) is 1. The molecule has 2 aromatic rings. The zero-order valence-corrected chi connectivity index (χ0v) is 19.4. The number of halogens is 1. The van der Waals surface area contributed by atoms with Gasteiger partial charge in [-0.1, -0.05) is 17.7 Å². The molecule has 1 heterocycles. The lowest BCUT2D eigenvalue weighted by molar-refractivity contribution is 0.0730. The normalized spacial score (nSPS) is 14.7. The van der Waals surface area contributed by atoms with Crippen LogP contribution in [0.3, 0.4) is 0 Å². The maximum atomic E-state index is 13.1. The molecule has 0 radical (unpaired) electrons. The third-order valence-corrected chi connectivity index (χ3v) is 6.96. The van der Waals surface area contributed by atoms with Crippen LogP contribution in [0.25, 0.3) is 0 Å². The number of morpholine rings is 1. The average Bonchev–Trinajstić information content (AvgIpc) is 2.81. The maximum absolute atomic E-state index is 13.1. The molecule has 1 aliphatic rings. The molecule has 1 saturated heterocycles. The summed E-state index contributed by atoms with van der Waals surface area (Å²) in [6, 6.07) is 9.10. The summed E-state index contributed by atoms with van der Waals surface area (Å²) in [5, 5.41) is 3.04. The van der Waals surface area contributed by atoms with Gasteiger partial charge in [-0.15, -0.1) is 0 Å². The monoisotopic (exact) mass is 484 g/mol. The molecule has 0 aromatic heterocycles. The minimum Gasteiger partial charge on any atom is -0.496 e. The number of carbonyl (C=O) groups is 1. The molecule has 1 N–H and O–H groups in total. The minimum absolute atomic E-state index is 0.00647. The molecule has 9 nitrogen and oxygen atoms in total. The molecule has 0 atom stereocenters. The summed E-state index contributed by atoms with van der Waals surface area (Å²) in [7, 11) is -0.839. The molecule has 0 bridgehead atoms. The highest BCUT2D eigenvalue weighted by Gasteiger charge is 2.28. The van der Waals surface area contributed by atoms with E-state index in [1.807, 2.05) is 0 Å². The number of nitrogens with one attached hydrogen (secondary N) is 1. The van der Waals surface area contributed by atoms with Crippen LogP contribution in [0.5, 0.6) is 11.5 Å². The number of amides is 1. The van der Waals surface area contributed by atoms with Crippen molar-refractivity contribution in [3.05, 3.63) is 47.0 Å². The number of methoxy groups -OCH3 is 2. The lowest BCUT2D eigenvalue weighted by Gasteiger charge is -2.26. The summed E-state index contributed by atoms with van der Waals surface area (Å²) in [6.45, 7) is 1.72. The van der Waals surface area contributed by atoms with Crippen molar-refractivity contribution in [3.8, 4) is 11.5 Å². The summed E-state index contributed by atoms with van der Waals surface area (Å²) in [4.78, 5) is 13.1. The predicted molar refractivity (Wildman–Crippen MR) is 119 cm³/mol. The summed E-state index contributed by atoms with van der Waals surface area (Å²) in [6.07, 6.45) is 0. The van der Waals surface area contributed by atoms with Gasteiger partial charge in [-0.25, -0.2) is 8.42 Å². The molecule has 0 aliphatic carbocycles. The number of nitrogens with zero attached hydrogens (tertiary/aromatic N) is 1. The molecular weight excluding hydrogens is 460 g/mol. The van der Waals surface area contributed by atoms with Gasteiger partial charge in [0.25, 0.3) is 5.91 Å². The number of ether oxygens (including phenoxy) is 4. The Morgan fingerprint density at radius 1 is 1.16 bits per heavy atom. The Bertz CT molecular complexity index is 1060. The first-order chi connectivity index (χ1) is 15.4.